The van der Waals surface area contributed by atoms with E-state index in [-0.39, 0.29) is 34.3 Å². The summed E-state index contributed by atoms with van der Waals surface area (Å²) in [7, 11) is 2.85. The number of allylic oxidation sites excluding steroid dienone is 1. The molecule has 0 aliphatic rings. The Kier molecular flexibility index (Phi) is 4.68. The molecule has 0 atom stereocenters. The van der Waals surface area contributed by atoms with Crippen molar-refractivity contribution in [2.24, 2.45) is 0 Å². The number of rotatable bonds is 5. The molecule has 0 radical (unpaired) electrons. The van der Waals surface area contributed by atoms with Crippen molar-refractivity contribution in [1.29, 1.82) is 0 Å². The minimum atomic E-state index is -0.330. The molecule has 0 aliphatic heterocycles. The molecule has 0 unspecified atom stereocenters. The average molecular weight is 300 g/mol. The fourth-order valence-electron chi connectivity index (χ4n) is 1.95. The Morgan fingerprint density at radius 1 is 1.05 bits per heavy atom. The summed E-state index contributed by atoms with van der Waals surface area (Å²) >= 11 is 0. The first-order chi connectivity index (χ1) is 10.6. The second-order valence-electron chi connectivity index (χ2n) is 4.49. The largest absolute Gasteiger partial charge is 0.507 e. The number of phenols is 2. The molecule has 0 heterocycles. The molecule has 0 saturated carbocycles. The molecule has 2 N–H and O–H groups in total. The van der Waals surface area contributed by atoms with Crippen molar-refractivity contribution in [2.75, 3.05) is 14.2 Å². The maximum absolute atomic E-state index is 12.1. The first-order valence-electron chi connectivity index (χ1n) is 6.52. The Bertz CT molecular complexity index is 694. The number of ether oxygens (including phenoxy) is 2. The molecule has 0 aliphatic carbocycles. The summed E-state index contributed by atoms with van der Waals surface area (Å²) in [6.45, 7) is 0. The third-order valence-corrected chi connectivity index (χ3v) is 3.10. The van der Waals surface area contributed by atoms with E-state index in [4.69, 9.17) is 9.47 Å². The van der Waals surface area contributed by atoms with Crippen molar-refractivity contribution in [3.63, 3.8) is 0 Å². The van der Waals surface area contributed by atoms with Crippen molar-refractivity contribution in [3.05, 3.63) is 53.6 Å². The summed E-state index contributed by atoms with van der Waals surface area (Å²) < 4.78 is 10.1. The third-order valence-electron chi connectivity index (χ3n) is 3.10. The van der Waals surface area contributed by atoms with Crippen LogP contribution in [0.2, 0.25) is 0 Å². The van der Waals surface area contributed by atoms with E-state index >= 15 is 0 Å². The Balaban J connectivity index is 2.30. The molecule has 0 amide bonds. The van der Waals surface area contributed by atoms with Gasteiger partial charge in [0, 0.05) is 0 Å². The second kappa shape index (κ2) is 6.67. The maximum atomic E-state index is 12.1. The van der Waals surface area contributed by atoms with Gasteiger partial charge in [-0.15, -0.1) is 0 Å². The molecule has 2 aromatic carbocycles. The number of benzene rings is 2. The van der Waals surface area contributed by atoms with Crippen LogP contribution in [0.4, 0.5) is 0 Å². The molecule has 0 aromatic heterocycles. The predicted molar refractivity (Wildman–Crippen MR) is 82.7 cm³/mol. The molecule has 5 heteroatoms. The monoisotopic (exact) mass is 300 g/mol. The van der Waals surface area contributed by atoms with Crippen molar-refractivity contribution < 1.29 is 24.5 Å². The van der Waals surface area contributed by atoms with Crippen LogP contribution >= 0.6 is 0 Å². The molecule has 2 aromatic rings. The molecule has 0 saturated heterocycles. The summed E-state index contributed by atoms with van der Waals surface area (Å²) in [6, 6.07) is 9.46. The van der Waals surface area contributed by atoms with Gasteiger partial charge in [0.05, 0.1) is 19.8 Å². The molecule has 0 bridgehead atoms. The van der Waals surface area contributed by atoms with Gasteiger partial charge in [0.1, 0.15) is 5.75 Å². The van der Waals surface area contributed by atoms with E-state index in [1.807, 2.05) is 0 Å². The molecule has 22 heavy (non-hydrogen) atoms. The van der Waals surface area contributed by atoms with E-state index in [1.165, 1.54) is 26.4 Å². The number of aromatic hydroxyl groups is 2. The van der Waals surface area contributed by atoms with Crippen LogP contribution in [0.15, 0.2) is 42.5 Å². The maximum Gasteiger partial charge on any atom is 0.200 e. The van der Waals surface area contributed by atoms with Crippen LogP contribution < -0.4 is 9.47 Å². The Morgan fingerprint density at radius 3 is 2.18 bits per heavy atom. The Labute approximate surface area is 128 Å². The van der Waals surface area contributed by atoms with Crippen molar-refractivity contribution >= 4 is 11.9 Å². The van der Waals surface area contributed by atoms with Crippen LogP contribution in [0, 0.1) is 0 Å². The van der Waals surface area contributed by atoms with Gasteiger partial charge in [-0.1, -0.05) is 18.2 Å². The molecular formula is C17H16O5. The van der Waals surface area contributed by atoms with Gasteiger partial charge < -0.3 is 19.7 Å². The van der Waals surface area contributed by atoms with Crippen LogP contribution in [0.3, 0.4) is 0 Å². The van der Waals surface area contributed by atoms with Gasteiger partial charge in [0.15, 0.2) is 17.3 Å². The first kappa shape index (κ1) is 15.4. The highest BCUT2D eigenvalue weighted by atomic mass is 16.5. The van der Waals surface area contributed by atoms with E-state index < -0.39 is 0 Å². The van der Waals surface area contributed by atoms with Crippen molar-refractivity contribution in [1.82, 2.24) is 0 Å². The minimum Gasteiger partial charge on any atom is -0.507 e. The van der Waals surface area contributed by atoms with Gasteiger partial charge >= 0.3 is 0 Å². The van der Waals surface area contributed by atoms with Gasteiger partial charge in [-0.2, -0.15) is 0 Å². The average Bonchev–Trinajstić information content (AvgIpc) is 2.54. The van der Waals surface area contributed by atoms with Gasteiger partial charge in [-0.05, 0) is 35.9 Å². The summed E-state index contributed by atoms with van der Waals surface area (Å²) in [5.74, 6) is -0.0145. The zero-order valence-corrected chi connectivity index (χ0v) is 12.2. The van der Waals surface area contributed by atoms with Crippen LogP contribution in [0.25, 0.3) is 6.08 Å². The van der Waals surface area contributed by atoms with Gasteiger partial charge in [0.25, 0.3) is 0 Å². The summed E-state index contributed by atoms with van der Waals surface area (Å²) in [5, 5.41) is 19.5. The summed E-state index contributed by atoms with van der Waals surface area (Å²) in [5.41, 5.74) is 0.840. The lowest BCUT2D eigenvalue weighted by molar-refractivity contribution is 0.104. The number of ketones is 1. The van der Waals surface area contributed by atoms with E-state index in [0.717, 1.165) is 0 Å². The van der Waals surface area contributed by atoms with E-state index in [2.05, 4.69) is 0 Å². The molecule has 0 fully saturated rings. The van der Waals surface area contributed by atoms with Crippen LogP contribution in [0.1, 0.15) is 15.9 Å². The molecule has 114 valence electrons. The smallest absolute Gasteiger partial charge is 0.200 e. The van der Waals surface area contributed by atoms with E-state index in [0.29, 0.717) is 5.56 Å². The van der Waals surface area contributed by atoms with Crippen LogP contribution in [0.5, 0.6) is 23.0 Å². The molecular weight excluding hydrogens is 284 g/mol. The summed E-state index contributed by atoms with van der Waals surface area (Å²) in [6.07, 6.45) is 2.89. The summed E-state index contributed by atoms with van der Waals surface area (Å²) in [4.78, 5) is 12.1. The third kappa shape index (κ3) is 3.20. The number of methoxy groups -OCH3 is 2. The van der Waals surface area contributed by atoms with Crippen LogP contribution in [-0.2, 0) is 0 Å². The Morgan fingerprint density at radius 2 is 1.64 bits per heavy atom. The van der Waals surface area contributed by atoms with Gasteiger partial charge in [-0.3, -0.25) is 4.79 Å². The highest BCUT2D eigenvalue weighted by Crippen LogP contribution is 2.37. The van der Waals surface area contributed by atoms with E-state index in [1.54, 1.807) is 36.4 Å². The highest BCUT2D eigenvalue weighted by Gasteiger charge is 2.11. The zero-order valence-electron chi connectivity index (χ0n) is 12.2. The molecule has 0 spiro atoms. The standard InChI is InChI=1S/C17H16O5/c1-21-15-9-11(10-16(22-2)17(15)20)7-8-14(19)12-5-3-4-6-13(12)18/h3-10,18,20H,1-2H3/b8-7+. The number of carbonyl (C=O) groups excluding carboxylic acids is 1. The minimum absolute atomic E-state index is 0.0713. The SMILES string of the molecule is COc1cc(/C=C/C(=O)c2ccccc2O)cc(OC)c1O. The topological polar surface area (TPSA) is 76.0 Å². The number of para-hydroxylation sites is 1. The highest BCUT2D eigenvalue weighted by molar-refractivity contribution is 6.08. The molecule has 2 rings (SSSR count). The second-order valence-corrected chi connectivity index (χ2v) is 4.49. The van der Waals surface area contributed by atoms with Crippen molar-refractivity contribution in [2.45, 2.75) is 0 Å². The predicted octanol–water partition coefficient (Wildman–Crippen LogP) is 3.01. The fourth-order valence-corrected chi connectivity index (χ4v) is 1.95. The lowest BCUT2D eigenvalue weighted by Crippen LogP contribution is -1.94. The van der Waals surface area contributed by atoms with Gasteiger partial charge in [-0.25, -0.2) is 0 Å². The lowest BCUT2D eigenvalue weighted by atomic mass is 10.1. The number of hydrogen-bond acceptors (Lipinski definition) is 5. The molecule has 5 nitrogen and oxygen atoms in total. The number of carbonyl (C=O) groups is 1. The normalized spacial score (nSPS) is 10.6. The zero-order chi connectivity index (χ0) is 16.1. The van der Waals surface area contributed by atoms with Crippen molar-refractivity contribution in [3.8, 4) is 23.0 Å². The quantitative estimate of drug-likeness (QED) is 0.655. The lowest BCUT2D eigenvalue weighted by Gasteiger charge is -2.09. The first-order valence-corrected chi connectivity index (χ1v) is 6.52. The van der Waals surface area contributed by atoms with E-state index in [9.17, 15) is 15.0 Å². The fraction of sp³-hybridized carbons (Fsp3) is 0.118. The number of hydrogen-bond donors (Lipinski definition) is 2. The van der Waals surface area contributed by atoms with Crippen LogP contribution in [-0.4, -0.2) is 30.2 Å². The Hall–Kier alpha value is -2.95. The number of phenolic OH excluding ortho intramolecular Hbond substituents is 2. The van der Waals surface area contributed by atoms with Gasteiger partial charge in [0.2, 0.25) is 5.75 Å².